The van der Waals surface area contributed by atoms with Crippen molar-refractivity contribution in [3.8, 4) is 0 Å². The quantitative estimate of drug-likeness (QED) is 0.652. The van der Waals surface area contributed by atoms with Crippen molar-refractivity contribution in [2.75, 3.05) is 11.9 Å². The van der Waals surface area contributed by atoms with E-state index >= 15 is 0 Å². The standard InChI is InChI=1S/C15H14BrF3N4O2/c1-6(2)13-10(16)14(23-22-13)15(25)20-5-9(24)21-8-4-3-7(17)11(18)12(8)19/h3-4,6H,5H2,1-2H3,(H,20,25)(H,21,24)(H,22,23). The fraction of sp³-hybridized carbons (Fsp3) is 0.267. The van der Waals surface area contributed by atoms with Crippen LogP contribution in [0.4, 0.5) is 18.9 Å². The van der Waals surface area contributed by atoms with Crippen molar-refractivity contribution in [3.05, 3.63) is 45.4 Å². The van der Waals surface area contributed by atoms with Crippen molar-refractivity contribution >= 4 is 33.4 Å². The highest BCUT2D eigenvalue weighted by Crippen LogP contribution is 2.25. The molecule has 25 heavy (non-hydrogen) atoms. The Morgan fingerprint density at radius 2 is 1.92 bits per heavy atom. The van der Waals surface area contributed by atoms with Gasteiger partial charge in [-0.3, -0.25) is 14.7 Å². The van der Waals surface area contributed by atoms with Crippen LogP contribution in [0.5, 0.6) is 0 Å². The predicted molar refractivity (Wildman–Crippen MR) is 87.7 cm³/mol. The van der Waals surface area contributed by atoms with E-state index in [-0.39, 0.29) is 11.6 Å². The fourth-order valence-corrected chi connectivity index (χ4v) is 2.75. The van der Waals surface area contributed by atoms with Crippen LogP contribution >= 0.6 is 15.9 Å². The minimum atomic E-state index is -1.69. The fourth-order valence-electron chi connectivity index (χ4n) is 1.94. The summed E-state index contributed by atoms with van der Waals surface area (Å²) in [7, 11) is 0. The summed E-state index contributed by atoms with van der Waals surface area (Å²) in [5.41, 5.74) is 0.259. The van der Waals surface area contributed by atoms with Gasteiger partial charge in [0.25, 0.3) is 5.91 Å². The first-order chi connectivity index (χ1) is 11.7. The van der Waals surface area contributed by atoms with Crippen molar-refractivity contribution in [2.45, 2.75) is 19.8 Å². The Kier molecular flexibility index (Phi) is 5.83. The van der Waals surface area contributed by atoms with Crippen molar-refractivity contribution in [3.63, 3.8) is 0 Å². The SMILES string of the molecule is CC(C)c1[nH]nc(C(=O)NCC(=O)Nc2ccc(F)c(F)c2F)c1Br. The minimum absolute atomic E-state index is 0.0653. The maximum atomic E-state index is 13.5. The number of hydrogen-bond acceptors (Lipinski definition) is 3. The summed E-state index contributed by atoms with van der Waals surface area (Å²) < 4.78 is 39.9. The van der Waals surface area contributed by atoms with Crippen molar-refractivity contribution < 1.29 is 22.8 Å². The van der Waals surface area contributed by atoms with Crippen molar-refractivity contribution in [1.82, 2.24) is 15.5 Å². The highest BCUT2D eigenvalue weighted by molar-refractivity contribution is 9.10. The zero-order valence-electron chi connectivity index (χ0n) is 13.2. The Hall–Kier alpha value is -2.36. The molecule has 0 bridgehead atoms. The molecule has 0 saturated carbocycles. The van der Waals surface area contributed by atoms with E-state index in [1.807, 2.05) is 19.2 Å². The van der Waals surface area contributed by atoms with Crippen LogP contribution in [0.2, 0.25) is 0 Å². The van der Waals surface area contributed by atoms with Gasteiger partial charge in [-0.1, -0.05) is 13.8 Å². The normalized spacial score (nSPS) is 10.8. The van der Waals surface area contributed by atoms with Gasteiger partial charge in [0.15, 0.2) is 23.1 Å². The van der Waals surface area contributed by atoms with E-state index in [1.165, 1.54) is 0 Å². The topological polar surface area (TPSA) is 86.9 Å². The molecule has 0 saturated heterocycles. The first kappa shape index (κ1) is 19.0. The van der Waals surface area contributed by atoms with Gasteiger partial charge < -0.3 is 10.6 Å². The molecule has 2 aromatic rings. The Morgan fingerprint density at radius 3 is 2.52 bits per heavy atom. The lowest BCUT2D eigenvalue weighted by atomic mass is 10.1. The maximum absolute atomic E-state index is 13.5. The first-order valence-electron chi connectivity index (χ1n) is 7.17. The zero-order chi connectivity index (χ0) is 18.7. The lowest BCUT2D eigenvalue weighted by Crippen LogP contribution is -2.33. The van der Waals surface area contributed by atoms with Crippen molar-refractivity contribution in [2.24, 2.45) is 0 Å². The molecule has 0 aliphatic rings. The number of benzene rings is 1. The van der Waals surface area contributed by atoms with Gasteiger partial charge in [-0.15, -0.1) is 0 Å². The number of anilines is 1. The van der Waals surface area contributed by atoms with Gasteiger partial charge in [0.1, 0.15) is 0 Å². The summed E-state index contributed by atoms with van der Waals surface area (Å²) >= 11 is 3.26. The van der Waals surface area contributed by atoms with E-state index in [1.54, 1.807) is 0 Å². The van der Waals surface area contributed by atoms with Gasteiger partial charge in [0.05, 0.1) is 22.4 Å². The average molecular weight is 419 g/mol. The molecule has 3 N–H and O–H groups in total. The van der Waals surface area contributed by atoms with Crippen LogP contribution in [-0.2, 0) is 4.79 Å². The van der Waals surface area contributed by atoms with Crippen LogP contribution in [-0.4, -0.2) is 28.6 Å². The van der Waals surface area contributed by atoms with Gasteiger partial charge in [0.2, 0.25) is 5.91 Å². The summed E-state index contributed by atoms with van der Waals surface area (Å²) in [6.45, 7) is 3.31. The molecule has 0 unspecified atom stereocenters. The van der Waals surface area contributed by atoms with Crippen molar-refractivity contribution in [1.29, 1.82) is 0 Å². The number of H-pyrrole nitrogens is 1. The molecule has 2 amide bonds. The summed E-state index contributed by atoms with van der Waals surface area (Å²) in [4.78, 5) is 23.8. The third-order valence-electron chi connectivity index (χ3n) is 3.24. The average Bonchev–Trinajstić information content (AvgIpc) is 2.95. The number of hydrogen-bond donors (Lipinski definition) is 3. The van der Waals surface area contributed by atoms with Crippen LogP contribution in [0.15, 0.2) is 16.6 Å². The Labute approximate surface area is 149 Å². The zero-order valence-corrected chi connectivity index (χ0v) is 14.8. The van der Waals surface area contributed by atoms with Gasteiger partial charge in [-0.2, -0.15) is 5.10 Å². The lowest BCUT2D eigenvalue weighted by molar-refractivity contribution is -0.115. The molecule has 134 valence electrons. The molecular formula is C15H14BrF3N4O2. The van der Waals surface area contributed by atoms with E-state index in [2.05, 4.69) is 31.4 Å². The molecule has 6 nitrogen and oxygen atoms in total. The second-order valence-electron chi connectivity index (χ2n) is 5.41. The summed E-state index contributed by atoms with van der Waals surface area (Å²) in [6.07, 6.45) is 0. The molecular weight excluding hydrogens is 405 g/mol. The third-order valence-corrected chi connectivity index (χ3v) is 4.05. The number of aromatic nitrogens is 2. The lowest BCUT2D eigenvalue weighted by Gasteiger charge is -2.08. The second-order valence-corrected chi connectivity index (χ2v) is 6.20. The first-order valence-corrected chi connectivity index (χ1v) is 7.97. The predicted octanol–water partition coefficient (Wildman–Crippen LogP) is 3.08. The van der Waals surface area contributed by atoms with E-state index in [4.69, 9.17) is 0 Å². The molecule has 0 aliphatic heterocycles. The van der Waals surface area contributed by atoms with Gasteiger partial charge in [0, 0.05) is 0 Å². The van der Waals surface area contributed by atoms with Gasteiger partial charge in [-0.05, 0) is 34.0 Å². The molecule has 10 heteroatoms. The number of rotatable bonds is 5. The van der Waals surface area contributed by atoms with E-state index < -0.39 is 41.5 Å². The molecule has 0 spiro atoms. The van der Waals surface area contributed by atoms with E-state index in [0.29, 0.717) is 10.5 Å². The summed E-state index contributed by atoms with van der Waals surface area (Å²) in [6, 6.07) is 1.56. The Bertz CT molecular complexity index is 823. The molecule has 0 radical (unpaired) electrons. The highest BCUT2D eigenvalue weighted by atomic mass is 79.9. The largest absolute Gasteiger partial charge is 0.342 e. The molecule has 0 fully saturated rings. The van der Waals surface area contributed by atoms with E-state index in [0.717, 1.165) is 11.8 Å². The minimum Gasteiger partial charge on any atom is -0.342 e. The number of carbonyl (C=O) groups excluding carboxylic acids is 2. The monoisotopic (exact) mass is 418 g/mol. The maximum Gasteiger partial charge on any atom is 0.273 e. The molecule has 1 aromatic heterocycles. The van der Waals surface area contributed by atoms with Crippen LogP contribution in [0, 0.1) is 17.5 Å². The molecule has 2 rings (SSSR count). The van der Waals surface area contributed by atoms with Crippen LogP contribution in [0.1, 0.15) is 35.9 Å². The van der Waals surface area contributed by atoms with Gasteiger partial charge >= 0.3 is 0 Å². The Morgan fingerprint density at radius 1 is 1.24 bits per heavy atom. The second kappa shape index (κ2) is 7.68. The van der Waals surface area contributed by atoms with Crippen LogP contribution < -0.4 is 10.6 Å². The number of aromatic amines is 1. The number of halogens is 4. The third kappa shape index (κ3) is 4.19. The molecule has 0 aliphatic carbocycles. The molecule has 0 atom stereocenters. The van der Waals surface area contributed by atoms with E-state index in [9.17, 15) is 22.8 Å². The molecule has 1 aromatic carbocycles. The Balaban J connectivity index is 1.98. The van der Waals surface area contributed by atoms with Crippen LogP contribution in [0.3, 0.4) is 0 Å². The summed E-state index contributed by atoms with van der Waals surface area (Å²) in [5.74, 6) is -5.92. The number of nitrogens with zero attached hydrogens (tertiary/aromatic N) is 1. The van der Waals surface area contributed by atoms with Crippen LogP contribution in [0.25, 0.3) is 0 Å². The molecule has 1 heterocycles. The number of amides is 2. The van der Waals surface area contributed by atoms with Gasteiger partial charge in [-0.25, -0.2) is 13.2 Å². The summed E-state index contributed by atoms with van der Waals surface area (Å²) in [5, 5.41) is 10.9. The number of nitrogens with one attached hydrogen (secondary N) is 3. The highest BCUT2D eigenvalue weighted by Gasteiger charge is 2.20. The smallest absolute Gasteiger partial charge is 0.273 e. The number of carbonyl (C=O) groups is 2.